The van der Waals surface area contributed by atoms with Gasteiger partial charge in [-0.15, -0.1) is 0 Å². The van der Waals surface area contributed by atoms with E-state index in [0.717, 1.165) is 18.7 Å². The van der Waals surface area contributed by atoms with Crippen LogP contribution >= 0.6 is 12.2 Å². The lowest BCUT2D eigenvalue weighted by molar-refractivity contribution is 0.0170. The molecule has 4 nitrogen and oxygen atoms in total. The van der Waals surface area contributed by atoms with Gasteiger partial charge in [-0.2, -0.15) is 0 Å². The molecule has 0 aliphatic carbocycles. The van der Waals surface area contributed by atoms with Gasteiger partial charge in [0.15, 0.2) is 5.11 Å². The van der Waals surface area contributed by atoms with Gasteiger partial charge in [-0.25, -0.2) is 4.39 Å². The van der Waals surface area contributed by atoms with E-state index >= 15 is 0 Å². The van der Waals surface area contributed by atoms with E-state index in [1.54, 1.807) is 0 Å². The summed E-state index contributed by atoms with van der Waals surface area (Å²) in [5.74, 6) is -0.220. The van der Waals surface area contributed by atoms with Crippen LogP contribution in [0.5, 0.6) is 0 Å². The van der Waals surface area contributed by atoms with Crippen molar-refractivity contribution in [2.45, 2.75) is 12.6 Å². The Morgan fingerprint density at radius 1 is 1.04 bits per heavy atom. The molecule has 0 bridgehead atoms. The molecule has 1 aliphatic heterocycles. The van der Waals surface area contributed by atoms with Crippen LogP contribution in [-0.4, -0.2) is 42.9 Å². The number of thiocarbonyl (C=S) groups is 1. The Labute approximate surface area is 159 Å². The van der Waals surface area contributed by atoms with E-state index in [4.69, 9.17) is 17.0 Å². The van der Waals surface area contributed by atoms with Gasteiger partial charge in [-0.05, 0) is 35.5 Å². The maximum atomic E-state index is 13.3. The number of ether oxygens (including phenoxy) is 1. The molecule has 2 N–H and O–H groups in total. The Morgan fingerprint density at radius 3 is 2.42 bits per heavy atom. The molecule has 0 saturated carbocycles. The van der Waals surface area contributed by atoms with E-state index in [2.05, 4.69) is 27.7 Å². The van der Waals surface area contributed by atoms with Crippen LogP contribution in [0.1, 0.15) is 17.2 Å². The van der Waals surface area contributed by atoms with Crippen LogP contribution in [0.25, 0.3) is 0 Å². The third-order valence-electron chi connectivity index (χ3n) is 4.49. The molecule has 0 radical (unpaired) electrons. The van der Waals surface area contributed by atoms with Gasteiger partial charge >= 0.3 is 0 Å². The summed E-state index contributed by atoms with van der Waals surface area (Å²) in [6.45, 7) is 4.49. The van der Waals surface area contributed by atoms with Crippen molar-refractivity contribution in [3.05, 3.63) is 71.5 Å². The largest absolute Gasteiger partial charge is 0.379 e. The van der Waals surface area contributed by atoms with Gasteiger partial charge in [0.05, 0.1) is 19.3 Å². The summed E-state index contributed by atoms with van der Waals surface area (Å²) in [6, 6.07) is 17.0. The third-order valence-corrected chi connectivity index (χ3v) is 4.78. The average molecular weight is 373 g/mol. The highest BCUT2D eigenvalue weighted by atomic mass is 32.1. The third kappa shape index (κ3) is 5.49. The summed E-state index contributed by atoms with van der Waals surface area (Å²) in [5.41, 5.74) is 2.26. The first-order chi connectivity index (χ1) is 12.7. The summed E-state index contributed by atoms with van der Waals surface area (Å²) in [6.07, 6.45) is 0. The van der Waals surface area contributed by atoms with Gasteiger partial charge in [-0.3, -0.25) is 4.90 Å². The van der Waals surface area contributed by atoms with Gasteiger partial charge in [0.2, 0.25) is 0 Å². The van der Waals surface area contributed by atoms with Crippen LogP contribution in [0.3, 0.4) is 0 Å². The standard InChI is InChI=1S/C20H24FN3OS/c21-18-8-6-17(7-9-18)19(24-10-12-25-13-11-24)15-23-20(26)22-14-16-4-2-1-3-5-16/h1-9,19H,10-15H2,(H2,22,23,26)/t19-/m0/s1. The Morgan fingerprint density at radius 2 is 1.73 bits per heavy atom. The predicted molar refractivity (Wildman–Crippen MR) is 105 cm³/mol. The van der Waals surface area contributed by atoms with Crippen molar-refractivity contribution in [3.8, 4) is 0 Å². The van der Waals surface area contributed by atoms with E-state index in [-0.39, 0.29) is 11.9 Å². The molecule has 6 heteroatoms. The quantitative estimate of drug-likeness (QED) is 0.762. The van der Waals surface area contributed by atoms with Crippen molar-refractivity contribution in [3.63, 3.8) is 0 Å². The Bertz CT molecular complexity index is 690. The highest BCUT2D eigenvalue weighted by Gasteiger charge is 2.22. The summed E-state index contributed by atoms with van der Waals surface area (Å²) in [5, 5.41) is 7.16. The minimum Gasteiger partial charge on any atom is -0.379 e. The zero-order valence-electron chi connectivity index (χ0n) is 14.7. The Kier molecular flexibility index (Phi) is 6.94. The van der Waals surface area contributed by atoms with Crippen LogP contribution in [-0.2, 0) is 11.3 Å². The zero-order chi connectivity index (χ0) is 18.2. The lowest BCUT2D eigenvalue weighted by Crippen LogP contribution is -2.45. The summed E-state index contributed by atoms with van der Waals surface area (Å²) in [7, 11) is 0. The van der Waals surface area contributed by atoms with E-state index in [9.17, 15) is 4.39 Å². The summed E-state index contributed by atoms with van der Waals surface area (Å²) in [4.78, 5) is 2.35. The number of nitrogens with zero attached hydrogens (tertiary/aromatic N) is 1. The molecule has 0 amide bonds. The summed E-state index contributed by atoms with van der Waals surface area (Å²) >= 11 is 5.42. The van der Waals surface area contributed by atoms with Crippen LogP contribution < -0.4 is 10.6 Å². The normalized spacial score (nSPS) is 16.0. The van der Waals surface area contributed by atoms with Crippen LogP contribution in [0.15, 0.2) is 54.6 Å². The van der Waals surface area contributed by atoms with Gasteiger partial charge in [-0.1, -0.05) is 42.5 Å². The van der Waals surface area contributed by atoms with Gasteiger partial charge in [0.1, 0.15) is 5.82 Å². The molecule has 0 unspecified atom stereocenters. The molecule has 1 atom stereocenters. The smallest absolute Gasteiger partial charge is 0.166 e. The number of benzene rings is 2. The van der Waals surface area contributed by atoms with Crippen LogP contribution in [0, 0.1) is 5.82 Å². The van der Waals surface area contributed by atoms with E-state index in [1.807, 2.05) is 30.3 Å². The monoisotopic (exact) mass is 373 g/mol. The second kappa shape index (κ2) is 9.62. The van der Waals surface area contributed by atoms with Crippen molar-refractivity contribution in [1.29, 1.82) is 0 Å². The van der Waals surface area contributed by atoms with Crippen molar-refractivity contribution in [2.24, 2.45) is 0 Å². The number of nitrogens with one attached hydrogen (secondary N) is 2. The molecule has 1 heterocycles. The molecule has 0 spiro atoms. The molecular weight excluding hydrogens is 349 g/mol. The fourth-order valence-corrected chi connectivity index (χ4v) is 3.22. The molecule has 1 saturated heterocycles. The van der Waals surface area contributed by atoms with Crippen LogP contribution in [0.2, 0.25) is 0 Å². The first kappa shape index (κ1) is 18.8. The second-order valence-electron chi connectivity index (χ2n) is 6.26. The number of halogens is 1. The molecule has 2 aromatic carbocycles. The number of morpholine rings is 1. The minimum atomic E-state index is -0.220. The fourth-order valence-electron chi connectivity index (χ4n) is 3.06. The van der Waals surface area contributed by atoms with Crippen LogP contribution in [0.4, 0.5) is 4.39 Å². The van der Waals surface area contributed by atoms with Crippen molar-refractivity contribution >= 4 is 17.3 Å². The second-order valence-corrected chi connectivity index (χ2v) is 6.67. The topological polar surface area (TPSA) is 36.5 Å². The number of hydrogen-bond acceptors (Lipinski definition) is 3. The molecule has 2 aromatic rings. The summed E-state index contributed by atoms with van der Waals surface area (Å²) < 4.78 is 18.7. The van der Waals surface area contributed by atoms with E-state index < -0.39 is 0 Å². The molecule has 3 rings (SSSR count). The van der Waals surface area contributed by atoms with Gasteiger partial charge in [0.25, 0.3) is 0 Å². The van der Waals surface area contributed by atoms with Crippen molar-refractivity contribution in [1.82, 2.24) is 15.5 Å². The average Bonchev–Trinajstić information content (AvgIpc) is 2.69. The molecule has 26 heavy (non-hydrogen) atoms. The Balaban J connectivity index is 1.58. The van der Waals surface area contributed by atoms with E-state index in [1.165, 1.54) is 17.7 Å². The molecule has 1 aliphatic rings. The zero-order valence-corrected chi connectivity index (χ0v) is 15.5. The number of rotatable bonds is 6. The highest BCUT2D eigenvalue weighted by molar-refractivity contribution is 7.80. The van der Waals surface area contributed by atoms with Gasteiger partial charge < -0.3 is 15.4 Å². The lowest BCUT2D eigenvalue weighted by Gasteiger charge is -2.35. The number of hydrogen-bond donors (Lipinski definition) is 2. The van der Waals surface area contributed by atoms with E-state index in [0.29, 0.717) is 31.4 Å². The molecule has 1 fully saturated rings. The Hall–Kier alpha value is -2.02. The predicted octanol–water partition coefficient (Wildman–Crippen LogP) is 2.86. The maximum Gasteiger partial charge on any atom is 0.166 e. The fraction of sp³-hybridized carbons (Fsp3) is 0.350. The maximum absolute atomic E-state index is 13.3. The van der Waals surface area contributed by atoms with Gasteiger partial charge in [0, 0.05) is 26.2 Å². The first-order valence-electron chi connectivity index (χ1n) is 8.85. The SMILES string of the molecule is Fc1ccc([C@H](CNC(=S)NCc2ccccc2)N2CCOCC2)cc1. The molecular formula is C20H24FN3OS. The molecule has 138 valence electrons. The molecule has 0 aromatic heterocycles. The lowest BCUT2D eigenvalue weighted by atomic mass is 10.0. The first-order valence-corrected chi connectivity index (χ1v) is 9.26. The minimum absolute atomic E-state index is 0.121. The van der Waals surface area contributed by atoms with Crippen molar-refractivity contribution < 1.29 is 9.13 Å². The highest BCUT2D eigenvalue weighted by Crippen LogP contribution is 2.21. The van der Waals surface area contributed by atoms with Crippen molar-refractivity contribution in [2.75, 3.05) is 32.8 Å².